The van der Waals surface area contributed by atoms with Gasteiger partial charge in [0.25, 0.3) is 0 Å². The van der Waals surface area contributed by atoms with Crippen LogP contribution in [0.4, 0.5) is 0 Å². The van der Waals surface area contributed by atoms with Crippen molar-refractivity contribution in [2.24, 2.45) is 0 Å². The lowest BCUT2D eigenvalue weighted by molar-refractivity contribution is 0.115. The minimum Gasteiger partial charge on any atom is -0.496 e. The van der Waals surface area contributed by atoms with Gasteiger partial charge in [0.2, 0.25) is 0 Å². The van der Waals surface area contributed by atoms with Crippen LogP contribution in [0, 0.1) is 11.8 Å². The molecule has 0 heterocycles. The second kappa shape index (κ2) is 10.3. The lowest BCUT2D eigenvalue weighted by Crippen LogP contribution is -1.99. The molecule has 0 fully saturated rings. The van der Waals surface area contributed by atoms with Gasteiger partial charge in [-0.05, 0) is 24.6 Å². The van der Waals surface area contributed by atoms with E-state index >= 15 is 0 Å². The number of unbranched alkanes of at least 4 members (excludes halogenated alkanes) is 2. The zero-order valence-corrected chi connectivity index (χ0v) is 12.4. The van der Waals surface area contributed by atoms with Crippen LogP contribution in [0.5, 0.6) is 5.75 Å². The van der Waals surface area contributed by atoms with Gasteiger partial charge in [-0.3, -0.25) is 0 Å². The van der Waals surface area contributed by atoms with E-state index in [9.17, 15) is 0 Å². The Kier molecular flexibility index (Phi) is 8.53. The van der Waals surface area contributed by atoms with E-state index < -0.39 is 0 Å². The van der Waals surface area contributed by atoms with Crippen molar-refractivity contribution in [3.05, 3.63) is 29.3 Å². The van der Waals surface area contributed by atoms with Gasteiger partial charge in [-0.2, -0.15) is 0 Å². The van der Waals surface area contributed by atoms with Crippen molar-refractivity contribution < 1.29 is 14.6 Å². The van der Waals surface area contributed by atoms with E-state index in [0.29, 0.717) is 13.0 Å². The molecule has 1 rings (SSSR count). The van der Waals surface area contributed by atoms with Crippen LogP contribution in [-0.4, -0.2) is 25.4 Å². The second-order valence-corrected chi connectivity index (χ2v) is 4.56. The van der Waals surface area contributed by atoms with E-state index in [0.717, 1.165) is 29.9 Å². The number of aliphatic hydroxyl groups is 1. The maximum absolute atomic E-state index is 8.73. The van der Waals surface area contributed by atoms with E-state index in [-0.39, 0.29) is 6.61 Å². The molecule has 0 saturated carbocycles. The molecule has 0 aliphatic carbocycles. The quantitative estimate of drug-likeness (QED) is 0.585. The monoisotopic (exact) mass is 276 g/mol. The number of hydrogen-bond acceptors (Lipinski definition) is 3. The molecule has 0 aromatic heterocycles. The summed E-state index contributed by atoms with van der Waals surface area (Å²) in [6.07, 6.45) is 3.98. The van der Waals surface area contributed by atoms with Gasteiger partial charge in [0.15, 0.2) is 0 Å². The molecule has 1 aromatic rings. The summed E-state index contributed by atoms with van der Waals surface area (Å²) in [7, 11) is 1.66. The summed E-state index contributed by atoms with van der Waals surface area (Å²) in [6.45, 7) is 3.59. The highest BCUT2D eigenvalue weighted by Crippen LogP contribution is 2.20. The molecule has 0 aliphatic heterocycles. The van der Waals surface area contributed by atoms with Crippen molar-refractivity contribution in [2.75, 3.05) is 20.3 Å². The highest BCUT2D eigenvalue weighted by molar-refractivity contribution is 5.43. The molecular weight excluding hydrogens is 252 g/mol. The predicted octanol–water partition coefficient (Wildman–Crippen LogP) is 3.14. The van der Waals surface area contributed by atoms with Gasteiger partial charge in [0, 0.05) is 24.2 Å². The first-order chi connectivity index (χ1) is 9.81. The third kappa shape index (κ3) is 6.10. The van der Waals surface area contributed by atoms with Crippen molar-refractivity contribution >= 4 is 0 Å². The fourth-order valence-electron chi connectivity index (χ4n) is 1.83. The van der Waals surface area contributed by atoms with Crippen LogP contribution in [0.1, 0.15) is 43.7 Å². The summed E-state index contributed by atoms with van der Waals surface area (Å²) in [5, 5.41) is 8.73. The Hall–Kier alpha value is -1.50. The van der Waals surface area contributed by atoms with Gasteiger partial charge in [-0.15, -0.1) is 0 Å². The van der Waals surface area contributed by atoms with Gasteiger partial charge in [0.05, 0.1) is 20.3 Å². The Labute approximate surface area is 121 Å². The van der Waals surface area contributed by atoms with E-state index in [1.165, 1.54) is 12.8 Å². The third-order valence-electron chi connectivity index (χ3n) is 2.90. The SMILES string of the molecule is CCCCCOCc1cc(C#CCCO)ccc1OC. The predicted molar refractivity (Wildman–Crippen MR) is 80.8 cm³/mol. The van der Waals surface area contributed by atoms with Crippen LogP contribution in [0.3, 0.4) is 0 Å². The summed E-state index contributed by atoms with van der Waals surface area (Å²) in [6, 6.07) is 5.82. The molecule has 1 N–H and O–H groups in total. The topological polar surface area (TPSA) is 38.7 Å². The maximum Gasteiger partial charge on any atom is 0.124 e. The lowest BCUT2D eigenvalue weighted by Gasteiger charge is -2.09. The number of aliphatic hydroxyl groups excluding tert-OH is 1. The Bertz CT molecular complexity index is 443. The van der Waals surface area contributed by atoms with Crippen LogP contribution in [0.25, 0.3) is 0 Å². The summed E-state index contributed by atoms with van der Waals surface area (Å²) in [5.74, 6) is 6.77. The molecule has 0 unspecified atom stereocenters. The van der Waals surface area contributed by atoms with Crippen LogP contribution in [0.2, 0.25) is 0 Å². The minimum absolute atomic E-state index is 0.0938. The van der Waals surface area contributed by atoms with Crippen molar-refractivity contribution in [3.8, 4) is 17.6 Å². The molecule has 0 saturated heterocycles. The Morgan fingerprint density at radius 2 is 2.10 bits per heavy atom. The molecule has 3 heteroatoms. The highest BCUT2D eigenvalue weighted by atomic mass is 16.5. The largest absolute Gasteiger partial charge is 0.496 e. The Balaban J connectivity index is 2.62. The molecule has 0 bridgehead atoms. The van der Waals surface area contributed by atoms with E-state index in [1.54, 1.807) is 7.11 Å². The van der Waals surface area contributed by atoms with Crippen LogP contribution in [0.15, 0.2) is 18.2 Å². The first-order valence-corrected chi connectivity index (χ1v) is 7.16. The van der Waals surface area contributed by atoms with Gasteiger partial charge in [0.1, 0.15) is 5.75 Å². The van der Waals surface area contributed by atoms with E-state index in [2.05, 4.69) is 18.8 Å². The molecule has 0 spiro atoms. The lowest BCUT2D eigenvalue weighted by atomic mass is 10.1. The first kappa shape index (κ1) is 16.6. The Morgan fingerprint density at radius 3 is 2.80 bits per heavy atom. The number of benzene rings is 1. The standard InChI is InChI=1S/C17H24O3/c1-3-4-7-12-20-14-16-13-15(8-5-6-11-18)9-10-17(16)19-2/h9-10,13,18H,3-4,6-7,11-12,14H2,1-2H3. The van der Waals surface area contributed by atoms with Gasteiger partial charge < -0.3 is 14.6 Å². The molecule has 110 valence electrons. The number of methoxy groups -OCH3 is 1. The third-order valence-corrected chi connectivity index (χ3v) is 2.90. The summed E-state index contributed by atoms with van der Waals surface area (Å²) in [4.78, 5) is 0. The molecule has 20 heavy (non-hydrogen) atoms. The van der Waals surface area contributed by atoms with Crippen LogP contribution >= 0.6 is 0 Å². The molecule has 0 amide bonds. The van der Waals surface area contributed by atoms with Crippen LogP contribution in [-0.2, 0) is 11.3 Å². The number of rotatable bonds is 8. The zero-order chi connectivity index (χ0) is 14.6. The van der Waals surface area contributed by atoms with E-state index in [4.69, 9.17) is 14.6 Å². The molecule has 3 nitrogen and oxygen atoms in total. The summed E-state index contributed by atoms with van der Waals surface area (Å²) >= 11 is 0. The minimum atomic E-state index is 0.0938. The molecule has 1 aromatic carbocycles. The number of ether oxygens (including phenoxy) is 2. The zero-order valence-electron chi connectivity index (χ0n) is 12.4. The average Bonchev–Trinajstić information content (AvgIpc) is 2.47. The normalized spacial score (nSPS) is 9.95. The Morgan fingerprint density at radius 1 is 1.25 bits per heavy atom. The van der Waals surface area contributed by atoms with Crippen molar-refractivity contribution in [3.63, 3.8) is 0 Å². The van der Waals surface area contributed by atoms with Crippen LogP contribution < -0.4 is 4.74 Å². The first-order valence-electron chi connectivity index (χ1n) is 7.16. The maximum atomic E-state index is 8.73. The van der Waals surface area contributed by atoms with Gasteiger partial charge in [-0.1, -0.05) is 31.6 Å². The van der Waals surface area contributed by atoms with Gasteiger partial charge >= 0.3 is 0 Å². The van der Waals surface area contributed by atoms with Crippen molar-refractivity contribution in [1.29, 1.82) is 0 Å². The average molecular weight is 276 g/mol. The van der Waals surface area contributed by atoms with Gasteiger partial charge in [-0.25, -0.2) is 0 Å². The molecule has 0 radical (unpaired) electrons. The molecule has 0 atom stereocenters. The fourth-order valence-corrected chi connectivity index (χ4v) is 1.83. The molecular formula is C17H24O3. The van der Waals surface area contributed by atoms with Crippen molar-refractivity contribution in [1.82, 2.24) is 0 Å². The smallest absolute Gasteiger partial charge is 0.124 e. The highest BCUT2D eigenvalue weighted by Gasteiger charge is 2.04. The molecule has 0 aliphatic rings. The second-order valence-electron chi connectivity index (χ2n) is 4.56. The van der Waals surface area contributed by atoms with Crippen molar-refractivity contribution in [2.45, 2.75) is 39.2 Å². The fraction of sp³-hybridized carbons (Fsp3) is 0.529. The summed E-state index contributed by atoms with van der Waals surface area (Å²) < 4.78 is 11.0. The van der Waals surface area contributed by atoms with E-state index in [1.807, 2.05) is 18.2 Å². The summed E-state index contributed by atoms with van der Waals surface area (Å²) in [5.41, 5.74) is 1.94. The number of hydrogen-bond donors (Lipinski definition) is 1.